The van der Waals surface area contributed by atoms with Crippen LogP contribution in [0.15, 0.2) is 4.99 Å². The zero-order valence-corrected chi connectivity index (χ0v) is 21.4. The van der Waals surface area contributed by atoms with E-state index in [2.05, 4.69) is 20.9 Å². The number of rotatable bonds is 19. The lowest BCUT2D eigenvalue weighted by Gasteiger charge is -2.24. The van der Waals surface area contributed by atoms with Gasteiger partial charge in [-0.15, -0.1) is 0 Å². The van der Waals surface area contributed by atoms with Crippen LogP contribution in [0.1, 0.15) is 38.5 Å². The fourth-order valence-corrected chi connectivity index (χ4v) is 3.40. The maximum absolute atomic E-state index is 12.9. The number of carbonyl (C=O) groups is 6. The zero-order valence-electron chi connectivity index (χ0n) is 20.6. The third-order valence-electron chi connectivity index (χ3n) is 4.88. The van der Waals surface area contributed by atoms with E-state index in [1.165, 1.54) is 11.8 Å². The van der Waals surface area contributed by atoms with Gasteiger partial charge in [0.1, 0.15) is 18.1 Å². The lowest BCUT2D eigenvalue weighted by Crippen LogP contribution is -2.57. The maximum Gasteiger partial charge on any atom is 0.326 e. The average molecular weight is 548 g/mol. The SMILES string of the molecule is CSCCC(NC(=O)C(CCCN=C(N)N)NC(=O)C(CC(N)=O)NC(=O)C(N)CCC(N)=O)C(=O)O. The number of carbonyl (C=O) groups excluding carboxylic acids is 5. The molecule has 4 unspecified atom stereocenters. The summed E-state index contributed by atoms with van der Waals surface area (Å²) in [4.78, 5) is 75.9. The molecule has 0 aliphatic heterocycles. The van der Waals surface area contributed by atoms with Crippen LogP contribution in [0, 0.1) is 0 Å². The molecule has 0 saturated carbocycles. The number of nitrogens with zero attached hydrogens (tertiary/aromatic N) is 1. The van der Waals surface area contributed by atoms with Gasteiger partial charge in [-0.3, -0.25) is 29.0 Å². The first-order chi connectivity index (χ1) is 17.3. The Bertz CT molecular complexity index is 852. The second-order valence-electron chi connectivity index (χ2n) is 8.03. The average Bonchev–Trinajstić information content (AvgIpc) is 2.80. The molecule has 0 aromatic carbocycles. The van der Waals surface area contributed by atoms with Gasteiger partial charge in [0, 0.05) is 13.0 Å². The highest BCUT2D eigenvalue weighted by Gasteiger charge is 2.31. The highest BCUT2D eigenvalue weighted by molar-refractivity contribution is 7.98. The van der Waals surface area contributed by atoms with E-state index in [0.29, 0.717) is 5.75 Å². The molecule has 0 aliphatic rings. The molecule has 4 atom stereocenters. The number of amides is 5. The summed E-state index contributed by atoms with van der Waals surface area (Å²) in [6.07, 6.45) is 1.24. The summed E-state index contributed by atoms with van der Waals surface area (Å²) in [5.74, 6) is -5.16. The maximum atomic E-state index is 12.9. The van der Waals surface area contributed by atoms with Gasteiger partial charge < -0.3 is 49.7 Å². The second kappa shape index (κ2) is 17.8. The van der Waals surface area contributed by atoms with Crippen LogP contribution in [0.2, 0.25) is 0 Å². The molecule has 37 heavy (non-hydrogen) atoms. The van der Waals surface area contributed by atoms with E-state index < -0.39 is 66.1 Å². The lowest BCUT2D eigenvalue weighted by atomic mass is 10.1. The molecule has 5 amide bonds. The summed E-state index contributed by atoms with van der Waals surface area (Å²) >= 11 is 1.39. The van der Waals surface area contributed by atoms with Gasteiger partial charge in [-0.25, -0.2) is 4.79 Å². The van der Waals surface area contributed by atoms with Crippen LogP contribution in [0.3, 0.4) is 0 Å². The van der Waals surface area contributed by atoms with Gasteiger partial charge in [0.05, 0.1) is 12.5 Å². The molecule has 0 aromatic rings. The summed E-state index contributed by atoms with van der Waals surface area (Å²) in [5.41, 5.74) is 26.5. The fourth-order valence-electron chi connectivity index (χ4n) is 2.93. The summed E-state index contributed by atoms with van der Waals surface area (Å²) in [7, 11) is 0. The standard InChI is InChI=1S/C20H37N9O7S/c1-37-8-6-12(19(35)36)28-17(33)11(3-2-7-26-20(24)25)27-18(34)13(9-15(23)31)29-16(32)10(21)4-5-14(22)30/h10-13H,2-9,21H2,1H3,(H2,22,30)(H2,23,31)(H,27,34)(H,28,33)(H,29,32)(H,35,36)(H4,24,25,26). The summed E-state index contributed by atoms with van der Waals surface area (Å²) in [6.45, 7) is 0.118. The van der Waals surface area contributed by atoms with Crippen molar-refractivity contribution >= 4 is 53.2 Å². The van der Waals surface area contributed by atoms with Gasteiger partial charge in [0.15, 0.2) is 5.96 Å². The molecular formula is C20H37N9O7S. The van der Waals surface area contributed by atoms with E-state index in [9.17, 15) is 33.9 Å². The Morgan fingerprint density at radius 2 is 1.38 bits per heavy atom. The van der Waals surface area contributed by atoms with Crippen molar-refractivity contribution in [3.63, 3.8) is 0 Å². The largest absolute Gasteiger partial charge is 0.480 e. The number of thioether (sulfide) groups is 1. The van der Waals surface area contributed by atoms with Crippen molar-refractivity contribution in [1.82, 2.24) is 16.0 Å². The summed E-state index contributed by atoms with van der Waals surface area (Å²) in [6, 6.07) is -5.17. The van der Waals surface area contributed by atoms with Gasteiger partial charge in [-0.2, -0.15) is 11.8 Å². The molecule has 0 radical (unpaired) electrons. The first-order valence-electron chi connectivity index (χ1n) is 11.3. The topological polar surface area (TPSA) is 301 Å². The van der Waals surface area contributed by atoms with Crippen LogP contribution < -0.4 is 44.6 Å². The predicted molar refractivity (Wildman–Crippen MR) is 137 cm³/mol. The number of hydrogen-bond donors (Lipinski definition) is 9. The first-order valence-corrected chi connectivity index (χ1v) is 12.7. The third-order valence-corrected chi connectivity index (χ3v) is 5.52. The normalized spacial score (nSPS) is 13.8. The smallest absolute Gasteiger partial charge is 0.326 e. The molecule has 0 aliphatic carbocycles. The van der Waals surface area contributed by atoms with E-state index in [1.807, 2.05) is 0 Å². The van der Waals surface area contributed by atoms with Crippen molar-refractivity contribution in [2.24, 2.45) is 33.7 Å². The zero-order chi connectivity index (χ0) is 28.5. The van der Waals surface area contributed by atoms with Crippen LogP contribution in [-0.4, -0.2) is 89.3 Å². The fraction of sp³-hybridized carbons (Fsp3) is 0.650. The Balaban J connectivity index is 5.61. The van der Waals surface area contributed by atoms with E-state index in [4.69, 9.17) is 28.7 Å². The Hall–Kier alpha value is -3.60. The molecule has 210 valence electrons. The van der Waals surface area contributed by atoms with E-state index >= 15 is 0 Å². The number of carboxylic acids is 1. The Morgan fingerprint density at radius 1 is 0.811 bits per heavy atom. The van der Waals surface area contributed by atoms with E-state index in [-0.39, 0.29) is 44.6 Å². The monoisotopic (exact) mass is 547 g/mol. The van der Waals surface area contributed by atoms with Crippen molar-refractivity contribution in [3.05, 3.63) is 0 Å². The van der Waals surface area contributed by atoms with Gasteiger partial charge in [0.25, 0.3) is 0 Å². The molecular weight excluding hydrogens is 510 g/mol. The number of guanidine groups is 1. The van der Waals surface area contributed by atoms with Crippen molar-refractivity contribution in [2.45, 2.75) is 62.7 Å². The minimum Gasteiger partial charge on any atom is -0.480 e. The predicted octanol–water partition coefficient (Wildman–Crippen LogP) is -4.20. The first kappa shape index (κ1) is 33.4. The summed E-state index contributed by atoms with van der Waals surface area (Å²) in [5, 5.41) is 16.5. The quantitative estimate of drug-likeness (QED) is 0.0424. The van der Waals surface area contributed by atoms with Gasteiger partial charge >= 0.3 is 5.97 Å². The molecule has 0 spiro atoms. The molecule has 14 N–H and O–H groups in total. The number of carboxylic acid groups (broad SMARTS) is 1. The van der Waals surface area contributed by atoms with E-state index in [0.717, 1.165) is 0 Å². The highest BCUT2D eigenvalue weighted by Crippen LogP contribution is 2.06. The molecule has 16 nitrogen and oxygen atoms in total. The number of aliphatic imine (C=N–C) groups is 1. The Morgan fingerprint density at radius 3 is 1.89 bits per heavy atom. The summed E-state index contributed by atoms with van der Waals surface area (Å²) < 4.78 is 0. The Kier molecular flexibility index (Phi) is 16.0. The molecule has 0 bridgehead atoms. The number of hydrogen-bond acceptors (Lipinski definition) is 9. The van der Waals surface area contributed by atoms with Crippen LogP contribution in [0.25, 0.3) is 0 Å². The number of nitrogens with one attached hydrogen (secondary N) is 3. The molecule has 0 fully saturated rings. The van der Waals surface area contributed by atoms with Crippen molar-refractivity contribution in [1.29, 1.82) is 0 Å². The van der Waals surface area contributed by atoms with Crippen LogP contribution >= 0.6 is 11.8 Å². The molecule has 0 saturated heterocycles. The number of aliphatic carboxylic acids is 1. The molecule has 0 heterocycles. The Labute approximate surface area is 218 Å². The molecule has 0 aromatic heterocycles. The second-order valence-corrected chi connectivity index (χ2v) is 9.02. The minimum absolute atomic E-state index is 0.00141. The van der Waals surface area contributed by atoms with Crippen molar-refractivity contribution < 1.29 is 33.9 Å². The van der Waals surface area contributed by atoms with Crippen LogP contribution in [0.5, 0.6) is 0 Å². The van der Waals surface area contributed by atoms with Crippen LogP contribution in [0.4, 0.5) is 0 Å². The highest BCUT2D eigenvalue weighted by atomic mass is 32.2. The van der Waals surface area contributed by atoms with Crippen LogP contribution in [-0.2, 0) is 28.8 Å². The minimum atomic E-state index is -1.50. The molecule has 17 heteroatoms. The lowest BCUT2D eigenvalue weighted by molar-refractivity contribution is -0.142. The van der Waals surface area contributed by atoms with Gasteiger partial charge in [-0.05, 0) is 37.7 Å². The van der Waals surface area contributed by atoms with Gasteiger partial charge in [-0.1, -0.05) is 0 Å². The third kappa shape index (κ3) is 15.2. The number of nitrogens with two attached hydrogens (primary N) is 5. The number of primary amides is 2. The van der Waals surface area contributed by atoms with Crippen molar-refractivity contribution in [2.75, 3.05) is 18.6 Å². The van der Waals surface area contributed by atoms with Crippen molar-refractivity contribution in [3.8, 4) is 0 Å². The molecule has 0 rings (SSSR count). The van der Waals surface area contributed by atoms with Gasteiger partial charge in [0.2, 0.25) is 29.5 Å². The van der Waals surface area contributed by atoms with E-state index in [1.54, 1.807) is 6.26 Å².